The molecule has 0 atom stereocenters. The number of benzene rings is 2. The van der Waals surface area contributed by atoms with E-state index in [0.717, 1.165) is 5.56 Å². The van der Waals surface area contributed by atoms with Gasteiger partial charge in [0.15, 0.2) is 0 Å². The van der Waals surface area contributed by atoms with E-state index >= 15 is 0 Å². The highest BCUT2D eigenvalue weighted by atomic mass is 35.5. The van der Waals surface area contributed by atoms with Crippen molar-refractivity contribution in [1.29, 1.82) is 5.26 Å². The molecule has 0 aliphatic heterocycles. The molecule has 0 heterocycles. The highest BCUT2D eigenvalue weighted by molar-refractivity contribution is 6.35. The number of hydrogen-bond acceptors (Lipinski definition) is 2. The van der Waals surface area contributed by atoms with Gasteiger partial charge in [0, 0.05) is 22.3 Å². The first-order valence-corrected chi connectivity index (χ1v) is 6.73. The molecule has 0 saturated carbocycles. The molecule has 2 rings (SSSR count). The Morgan fingerprint density at radius 3 is 2.60 bits per heavy atom. The fraction of sp³-hybridized carbons (Fsp3) is 0.133. The van der Waals surface area contributed by atoms with Gasteiger partial charge in [-0.1, -0.05) is 29.3 Å². The zero-order valence-corrected chi connectivity index (χ0v) is 12.0. The van der Waals surface area contributed by atoms with Crippen molar-refractivity contribution >= 4 is 28.9 Å². The third-order valence-corrected chi connectivity index (χ3v) is 3.42. The first-order valence-electron chi connectivity index (χ1n) is 5.97. The van der Waals surface area contributed by atoms with Gasteiger partial charge in [0.1, 0.15) is 11.9 Å². The molecule has 2 aromatic carbocycles. The molecule has 5 heteroatoms. The zero-order valence-electron chi connectivity index (χ0n) is 10.5. The number of hydrogen-bond donors (Lipinski definition) is 1. The Hall–Kier alpha value is -1.76. The molecule has 2 nitrogen and oxygen atoms in total. The summed E-state index contributed by atoms with van der Waals surface area (Å²) in [6.07, 6.45) is 0.692. The molecule has 1 N–H and O–H groups in total. The molecule has 102 valence electrons. The Kier molecular flexibility index (Phi) is 4.84. The summed E-state index contributed by atoms with van der Waals surface area (Å²) in [4.78, 5) is 0. The van der Waals surface area contributed by atoms with Crippen LogP contribution in [0.5, 0.6) is 0 Å². The van der Waals surface area contributed by atoms with E-state index < -0.39 is 5.82 Å². The number of rotatable bonds is 4. The normalized spacial score (nSPS) is 10.1. The number of nitrogens with one attached hydrogen (secondary N) is 1. The molecule has 0 aliphatic carbocycles. The quantitative estimate of drug-likeness (QED) is 0.891. The van der Waals surface area contributed by atoms with E-state index in [2.05, 4.69) is 5.32 Å². The molecule has 0 aliphatic rings. The molecule has 20 heavy (non-hydrogen) atoms. The predicted octanol–water partition coefficient (Wildman–Crippen LogP) is 4.66. The molecular formula is C15H11Cl2FN2. The second-order valence-electron chi connectivity index (χ2n) is 4.22. The van der Waals surface area contributed by atoms with E-state index in [1.807, 2.05) is 6.07 Å². The number of nitrogens with zero attached hydrogens (tertiary/aromatic N) is 1. The van der Waals surface area contributed by atoms with Gasteiger partial charge in [-0.15, -0.1) is 0 Å². The van der Waals surface area contributed by atoms with Gasteiger partial charge >= 0.3 is 0 Å². The third kappa shape index (κ3) is 3.63. The largest absolute Gasteiger partial charge is 0.385 e. The molecule has 0 spiro atoms. The summed E-state index contributed by atoms with van der Waals surface area (Å²) >= 11 is 11.9. The van der Waals surface area contributed by atoms with Crippen LogP contribution in [0.3, 0.4) is 0 Å². The van der Waals surface area contributed by atoms with E-state index in [1.54, 1.807) is 24.3 Å². The van der Waals surface area contributed by atoms with Crippen molar-refractivity contribution in [3.8, 4) is 6.07 Å². The lowest BCUT2D eigenvalue weighted by Crippen LogP contribution is -2.05. The topological polar surface area (TPSA) is 35.8 Å². The van der Waals surface area contributed by atoms with Gasteiger partial charge in [-0.3, -0.25) is 0 Å². The first-order chi connectivity index (χ1) is 9.60. The first kappa shape index (κ1) is 14.6. The van der Waals surface area contributed by atoms with Crippen LogP contribution in [0, 0.1) is 17.1 Å². The van der Waals surface area contributed by atoms with Crippen LogP contribution < -0.4 is 5.32 Å². The second-order valence-corrected chi connectivity index (χ2v) is 5.06. The summed E-state index contributed by atoms with van der Waals surface area (Å²) in [6.45, 7) is 0.604. The van der Waals surface area contributed by atoms with Crippen LogP contribution in [-0.2, 0) is 6.42 Å². The van der Waals surface area contributed by atoms with Gasteiger partial charge in [0.2, 0.25) is 0 Å². The van der Waals surface area contributed by atoms with Crippen molar-refractivity contribution in [1.82, 2.24) is 0 Å². The van der Waals surface area contributed by atoms with Gasteiger partial charge in [0.25, 0.3) is 0 Å². The minimum Gasteiger partial charge on any atom is -0.385 e. The monoisotopic (exact) mass is 308 g/mol. The third-order valence-electron chi connectivity index (χ3n) is 2.83. The van der Waals surface area contributed by atoms with Crippen LogP contribution in [0.15, 0.2) is 36.4 Å². The minimum absolute atomic E-state index is 0.0382. The summed E-state index contributed by atoms with van der Waals surface area (Å²) in [5, 5.41) is 13.0. The molecule has 0 aromatic heterocycles. The van der Waals surface area contributed by atoms with E-state index in [-0.39, 0.29) is 5.56 Å². The van der Waals surface area contributed by atoms with Crippen LogP contribution in [-0.4, -0.2) is 6.54 Å². The summed E-state index contributed by atoms with van der Waals surface area (Å²) in [5.74, 6) is -0.526. The molecule has 0 unspecified atom stereocenters. The molecule has 0 fully saturated rings. The maximum atomic E-state index is 13.4. The fourth-order valence-electron chi connectivity index (χ4n) is 1.78. The van der Waals surface area contributed by atoms with Gasteiger partial charge in [-0.05, 0) is 42.3 Å². The average molecular weight is 309 g/mol. The van der Waals surface area contributed by atoms with Crippen molar-refractivity contribution in [2.75, 3.05) is 11.9 Å². The van der Waals surface area contributed by atoms with E-state index in [4.69, 9.17) is 28.5 Å². The Labute approximate surface area is 126 Å². The van der Waals surface area contributed by atoms with Gasteiger partial charge in [-0.2, -0.15) is 5.26 Å². The van der Waals surface area contributed by atoms with Crippen LogP contribution in [0.2, 0.25) is 10.0 Å². The van der Waals surface area contributed by atoms with Crippen LogP contribution in [0.4, 0.5) is 10.1 Å². The predicted molar refractivity (Wildman–Crippen MR) is 79.8 cm³/mol. The number of nitriles is 1. The second kappa shape index (κ2) is 6.60. The Morgan fingerprint density at radius 1 is 1.15 bits per heavy atom. The lowest BCUT2D eigenvalue weighted by molar-refractivity contribution is 0.624. The van der Waals surface area contributed by atoms with Crippen LogP contribution in [0.25, 0.3) is 0 Å². The van der Waals surface area contributed by atoms with Crippen molar-refractivity contribution < 1.29 is 4.39 Å². The standard InChI is InChI=1S/C15H11Cl2FN2/c16-12-3-1-10(14(17)7-12)5-6-20-13-4-2-11(9-19)15(18)8-13/h1-4,7-8,20H,5-6H2. The van der Waals surface area contributed by atoms with E-state index in [0.29, 0.717) is 28.7 Å². The summed E-state index contributed by atoms with van der Waals surface area (Å²) in [5.41, 5.74) is 1.64. The molecule has 0 saturated heterocycles. The van der Waals surface area contributed by atoms with Crippen molar-refractivity contribution in [3.63, 3.8) is 0 Å². The molecule has 0 amide bonds. The highest BCUT2D eigenvalue weighted by Gasteiger charge is 2.04. The van der Waals surface area contributed by atoms with Gasteiger partial charge < -0.3 is 5.32 Å². The SMILES string of the molecule is N#Cc1ccc(NCCc2ccc(Cl)cc2Cl)cc1F. The summed E-state index contributed by atoms with van der Waals surface area (Å²) in [6, 6.07) is 11.6. The Bertz CT molecular complexity index is 665. The lowest BCUT2D eigenvalue weighted by atomic mass is 10.1. The summed E-state index contributed by atoms with van der Waals surface area (Å²) < 4.78 is 13.4. The number of anilines is 1. The van der Waals surface area contributed by atoms with E-state index in [9.17, 15) is 4.39 Å². The minimum atomic E-state index is -0.526. The van der Waals surface area contributed by atoms with Crippen LogP contribution in [0.1, 0.15) is 11.1 Å². The zero-order chi connectivity index (χ0) is 14.5. The maximum absolute atomic E-state index is 13.4. The maximum Gasteiger partial charge on any atom is 0.143 e. The Morgan fingerprint density at radius 2 is 1.95 bits per heavy atom. The smallest absolute Gasteiger partial charge is 0.143 e. The molecule has 0 radical (unpaired) electrons. The number of halogens is 3. The van der Waals surface area contributed by atoms with Crippen molar-refractivity contribution in [2.24, 2.45) is 0 Å². The lowest BCUT2D eigenvalue weighted by Gasteiger charge is -2.08. The van der Waals surface area contributed by atoms with Gasteiger partial charge in [-0.25, -0.2) is 4.39 Å². The average Bonchev–Trinajstić information content (AvgIpc) is 2.41. The Balaban J connectivity index is 1.96. The van der Waals surface area contributed by atoms with Gasteiger partial charge in [0.05, 0.1) is 5.56 Å². The van der Waals surface area contributed by atoms with Crippen molar-refractivity contribution in [3.05, 3.63) is 63.4 Å². The fourth-order valence-corrected chi connectivity index (χ4v) is 2.28. The molecule has 0 bridgehead atoms. The molecule has 2 aromatic rings. The summed E-state index contributed by atoms with van der Waals surface area (Å²) in [7, 11) is 0. The van der Waals surface area contributed by atoms with E-state index in [1.165, 1.54) is 12.1 Å². The van der Waals surface area contributed by atoms with Crippen molar-refractivity contribution in [2.45, 2.75) is 6.42 Å². The van der Waals surface area contributed by atoms with Crippen LogP contribution >= 0.6 is 23.2 Å². The molecular weight excluding hydrogens is 298 g/mol. The highest BCUT2D eigenvalue weighted by Crippen LogP contribution is 2.21.